The van der Waals surface area contributed by atoms with Crippen LogP contribution < -0.4 is 0 Å². The Labute approximate surface area is 84.7 Å². The van der Waals surface area contributed by atoms with Crippen LogP contribution in [0.5, 0.6) is 0 Å². The summed E-state index contributed by atoms with van der Waals surface area (Å²) in [5.41, 5.74) is 0. The molecule has 0 rings (SSSR count). The Balaban J connectivity index is 5.01. The van der Waals surface area contributed by atoms with Gasteiger partial charge in [-0.15, -0.1) is 0 Å². The van der Waals surface area contributed by atoms with Crippen LogP contribution in [0.15, 0.2) is 0 Å². The Morgan fingerprint density at radius 3 is 1.67 bits per heavy atom. The van der Waals surface area contributed by atoms with Gasteiger partial charge in [0, 0.05) is 6.42 Å². The highest BCUT2D eigenvalue weighted by atomic mass is 31.2. The molecular weight excluding hydrogens is 252 g/mol. The number of phosphoric ester groups is 2. The van der Waals surface area contributed by atoms with E-state index in [4.69, 9.17) is 24.8 Å². The third-order valence-electron chi connectivity index (χ3n) is 1.17. The maximum absolute atomic E-state index is 10.4. The first-order valence-electron chi connectivity index (χ1n) is 3.47. The molecule has 88 valence electrons. The summed E-state index contributed by atoms with van der Waals surface area (Å²) in [6.45, 7) is 1.20. The second-order valence-corrected chi connectivity index (χ2v) is 4.71. The van der Waals surface area contributed by atoms with E-state index in [9.17, 15) is 9.13 Å². The number of phosphoric acid groups is 2. The molecule has 0 aliphatic carbocycles. The van der Waals surface area contributed by atoms with Gasteiger partial charge in [0.05, 0.1) is 0 Å². The van der Waals surface area contributed by atoms with Crippen molar-refractivity contribution in [3.63, 3.8) is 0 Å². The quantitative estimate of drug-likeness (QED) is 0.389. The fourth-order valence-corrected chi connectivity index (χ4v) is 1.89. The normalized spacial score (nSPS) is 13.6. The smallest absolute Gasteiger partial charge is 0.303 e. The van der Waals surface area contributed by atoms with E-state index in [0.29, 0.717) is 0 Å². The van der Waals surface area contributed by atoms with Crippen LogP contribution in [-0.2, 0) is 18.2 Å². The highest BCUT2D eigenvalue weighted by molar-refractivity contribution is 7.47. The van der Waals surface area contributed by atoms with Gasteiger partial charge < -0.3 is 19.6 Å². The van der Waals surface area contributed by atoms with Crippen molar-refractivity contribution in [2.45, 2.75) is 19.1 Å². The fraction of sp³-hybridized carbons (Fsp3) is 0.750. The molecule has 0 aliphatic rings. The molecule has 0 aliphatic heterocycles. The molecule has 0 saturated carbocycles. The second-order valence-electron chi connectivity index (χ2n) is 2.38. The molecule has 0 aromatic heterocycles. The molecular formula is C4H9NO8P2. The predicted molar refractivity (Wildman–Crippen MR) is 44.9 cm³/mol. The van der Waals surface area contributed by atoms with Gasteiger partial charge >= 0.3 is 15.6 Å². The van der Waals surface area contributed by atoms with E-state index < -0.39 is 27.9 Å². The maximum Gasteiger partial charge on any atom is 0.472 e. The molecule has 0 heterocycles. The van der Waals surface area contributed by atoms with Gasteiger partial charge in [0.15, 0.2) is 0 Å². The fourth-order valence-electron chi connectivity index (χ4n) is 0.650. The zero-order chi connectivity index (χ0) is 12.3. The van der Waals surface area contributed by atoms with Crippen LogP contribution in [0.25, 0.3) is 0 Å². The van der Waals surface area contributed by atoms with Crippen molar-refractivity contribution in [2.75, 3.05) is 0 Å². The Bertz CT molecular complexity index is 324. The number of rotatable bonds is 5. The Hall–Kier alpha value is -0.290. The lowest BCUT2D eigenvalue weighted by molar-refractivity contribution is -0.0955. The number of hydrogen-bond donors (Lipinski definition) is 4. The van der Waals surface area contributed by atoms with Crippen LogP contribution in [0.4, 0.5) is 0 Å². The first kappa shape index (κ1) is 14.7. The molecule has 0 unspecified atom stereocenters. The minimum absolute atomic E-state index is 0.472. The van der Waals surface area contributed by atoms with E-state index in [-0.39, 0.29) is 0 Å². The summed E-state index contributed by atoms with van der Waals surface area (Å²) in [6.07, 6.45) is -0.472. The number of nitriles is 1. The minimum atomic E-state index is -5.10. The third kappa shape index (κ3) is 5.99. The molecule has 0 radical (unpaired) electrons. The highest BCUT2D eigenvalue weighted by Gasteiger charge is 2.43. The molecule has 0 fully saturated rings. The first-order chi connectivity index (χ1) is 6.54. The van der Waals surface area contributed by atoms with Crippen LogP contribution in [0.2, 0.25) is 0 Å². The molecule has 0 atom stereocenters. The van der Waals surface area contributed by atoms with Crippen LogP contribution in [-0.4, -0.2) is 25.4 Å². The van der Waals surface area contributed by atoms with Crippen molar-refractivity contribution in [2.24, 2.45) is 0 Å². The van der Waals surface area contributed by atoms with Gasteiger partial charge in [-0.05, 0) is 0 Å². The summed E-state index contributed by atoms with van der Waals surface area (Å²) in [7, 11) is -10.2. The van der Waals surface area contributed by atoms with Crippen LogP contribution in [0.3, 0.4) is 0 Å². The second kappa shape index (κ2) is 4.70. The van der Waals surface area contributed by atoms with Crippen LogP contribution in [0, 0.1) is 11.3 Å². The zero-order valence-corrected chi connectivity index (χ0v) is 9.26. The summed E-state index contributed by atoms with van der Waals surface area (Å²) in [6, 6.07) is 1.15. The summed E-state index contributed by atoms with van der Waals surface area (Å²) in [4.78, 5) is 33.7. The van der Waals surface area contributed by atoms with Gasteiger partial charge in [-0.1, -0.05) is 6.92 Å². The van der Waals surface area contributed by atoms with E-state index in [0.717, 1.165) is 6.07 Å². The topological polar surface area (TPSA) is 157 Å². The van der Waals surface area contributed by atoms with Gasteiger partial charge in [-0.25, -0.2) is 18.2 Å². The van der Waals surface area contributed by atoms with E-state index in [1.165, 1.54) is 6.92 Å². The van der Waals surface area contributed by atoms with E-state index >= 15 is 0 Å². The lowest BCUT2D eigenvalue weighted by Crippen LogP contribution is -2.31. The summed E-state index contributed by atoms with van der Waals surface area (Å²) in [5.74, 6) is -2.67. The van der Waals surface area contributed by atoms with Gasteiger partial charge in [0.1, 0.15) is 6.07 Å². The highest BCUT2D eigenvalue weighted by Crippen LogP contribution is 2.49. The Morgan fingerprint density at radius 1 is 1.20 bits per heavy atom. The maximum atomic E-state index is 10.4. The number of nitrogens with zero attached hydrogens (tertiary/aromatic N) is 1. The third-order valence-corrected chi connectivity index (χ3v) is 2.23. The monoisotopic (exact) mass is 261 g/mol. The van der Waals surface area contributed by atoms with Crippen LogP contribution >= 0.6 is 15.6 Å². The molecule has 0 spiro atoms. The van der Waals surface area contributed by atoms with E-state index in [2.05, 4.69) is 9.05 Å². The molecule has 0 amide bonds. The van der Waals surface area contributed by atoms with Gasteiger partial charge in [-0.2, -0.15) is 5.26 Å². The van der Waals surface area contributed by atoms with Crippen molar-refractivity contribution >= 4 is 15.6 Å². The van der Waals surface area contributed by atoms with Gasteiger partial charge in [-0.3, -0.25) is 0 Å². The summed E-state index contributed by atoms with van der Waals surface area (Å²) >= 11 is 0. The van der Waals surface area contributed by atoms with Crippen molar-refractivity contribution in [3.05, 3.63) is 0 Å². The van der Waals surface area contributed by atoms with Crippen molar-refractivity contribution in [1.82, 2.24) is 0 Å². The van der Waals surface area contributed by atoms with Crippen molar-refractivity contribution in [1.29, 1.82) is 5.26 Å². The molecule has 0 saturated heterocycles. The molecule has 0 aromatic carbocycles. The average Bonchev–Trinajstić information content (AvgIpc) is 1.98. The molecule has 11 heteroatoms. The Kier molecular flexibility index (Phi) is 4.61. The zero-order valence-electron chi connectivity index (χ0n) is 7.47. The standard InChI is InChI=1S/C4H9NO8P2/c1-2-4(3-5,12-14(6,7)8)13-15(9,10)11/h2H2,1H3,(H2,6,7,8)(H2,9,10,11). The van der Waals surface area contributed by atoms with Crippen molar-refractivity contribution in [3.8, 4) is 6.07 Å². The molecule has 0 aromatic rings. The van der Waals surface area contributed by atoms with Gasteiger partial charge in [0.2, 0.25) is 0 Å². The first-order valence-corrected chi connectivity index (χ1v) is 6.53. The van der Waals surface area contributed by atoms with E-state index in [1.54, 1.807) is 0 Å². The minimum Gasteiger partial charge on any atom is -0.303 e. The largest absolute Gasteiger partial charge is 0.472 e. The van der Waals surface area contributed by atoms with Crippen LogP contribution in [0.1, 0.15) is 13.3 Å². The molecule has 0 bridgehead atoms. The average molecular weight is 261 g/mol. The number of hydrogen-bond acceptors (Lipinski definition) is 5. The summed E-state index contributed by atoms with van der Waals surface area (Å²) in [5, 5.41) is 8.52. The summed E-state index contributed by atoms with van der Waals surface area (Å²) < 4.78 is 28.7. The molecule has 4 N–H and O–H groups in total. The predicted octanol–water partition coefficient (Wildman–Crippen LogP) is -0.165. The van der Waals surface area contributed by atoms with Crippen molar-refractivity contribution < 1.29 is 37.8 Å². The Morgan fingerprint density at radius 2 is 1.53 bits per heavy atom. The SMILES string of the molecule is CCC(C#N)(OP(=O)(O)O)OP(=O)(O)O. The lowest BCUT2D eigenvalue weighted by Gasteiger charge is -2.25. The van der Waals surface area contributed by atoms with E-state index in [1.807, 2.05) is 0 Å². The molecule has 15 heavy (non-hydrogen) atoms. The molecule has 9 nitrogen and oxygen atoms in total. The lowest BCUT2D eigenvalue weighted by atomic mass is 10.2. The van der Waals surface area contributed by atoms with Gasteiger partial charge in [0.25, 0.3) is 5.79 Å².